The van der Waals surface area contributed by atoms with Crippen molar-refractivity contribution in [3.63, 3.8) is 0 Å². The Hall–Kier alpha value is -2.77. The first-order valence-electron chi connectivity index (χ1n) is 6.53. The Balaban J connectivity index is 2.20. The van der Waals surface area contributed by atoms with Crippen LogP contribution >= 0.6 is 0 Å². The summed E-state index contributed by atoms with van der Waals surface area (Å²) in [6.07, 6.45) is 3.32. The average molecular weight is 307 g/mol. The van der Waals surface area contributed by atoms with Gasteiger partial charge in [0.25, 0.3) is 0 Å². The van der Waals surface area contributed by atoms with Crippen LogP contribution in [0, 0.1) is 0 Å². The molecule has 1 aliphatic heterocycles. The smallest absolute Gasteiger partial charge is 0.413 e. The fraction of sp³-hybridized carbons (Fsp3) is 0.357. The molecule has 0 radical (unpaired) electrons. The van der Waals surface area contributed by atoms with Crippen molar-refractivity contribution in [3.8, 4) is 0 Å². The van der Waals surface area contributed by atoms with Crippen LogP contribution in [0.2, 0.25) is 0 Å². The lowest BCUT2D eigenvalue weighted by atomic mass is 10.0. The Morgan fingerprint density at radius 2 is 2.18 bits per heavy atom. The third kappa shape index (κ3) is 3.27. The number of carbonyl (C=O) groups excluding carboxylic acids is 1. The lowest BCUT2D eigenvalue weighted by molar-refractivity contribution is -0.160. The molecule has 8 nitrogen and oxygen atoms in total. The van der Waals surface area contributed by atoms with Crippen molar-refractivity contribution in [2.75, 3.05) is 5.32 Å². The van der Waals surface area contributed by atoms with E-state index in [9.17, 15) is 14.7 Å². The summed E-state index contributed by atoms with van der Waals surface area (Å²) >= 11 is 0. The number of amides is 1. The molecule has 0 saturated carbocycles. The predicted octanol–water partition coefficient (Wildman–Crippen LogP) is 1.76. The van der Waals surface area contributed by atoms with Gasteiger partial charge in [-0.2, -0.15) is 0 Å². The van der Waals surface area contributed by atoms with Crippen LogP contribution in [0.25, 0.3) is 0 Å². The maximum Gasteiger partial charge on any atom is 0.413 e. The number of aliphatic carboxylic acids is 1. The lowest BCUT2D eigenvalue weighted by Gasteiger charge is -2.25. The van der Waals surface area contributed by atoms with Crippen molar-refractivity contribution < 1.29 is 24.2 Å². The van der Waals surface area contributed by atoms with Crippen LogP contribution in [0.3, 0.4) is 0 Å². The molecule has 1 aliphatic rings. The summed E-state index contributed by atoms with van der Waals surface area (Å²) in [6, 6.07) is 2.88. The zero-order valence-corrected chi connectivity index (χ0v) is 12.4. The first kappa shape index (κ1) is 15.6. The first-order chi connectivity index (χ1) is 10.2. The van der Waals surface area contributed by atoms with Crippen LogP contribution in [0.4, 0.5) is 10.6 Å². The third-order valence-corrected chi connectivity index (χ3v) is 2.70. The molecule has 8 heteroatoms. The first-order valence-corrected chi connectivity index (χ1v) is 6.53. The fourth-order valence-corrected chi connectivity index (χ4v) is 1.83. The van der Waals surface area contributed by atoms with Gasteiger partial charge in [0.05, 0.1) is 0 Å². The van der Waals surface area contributed by atoms with Gasteiger partial charge in [-0.1, -0.05) is 0 Å². The highest BCUT2D eigenvalue weighted by Crippen LogP contribution is 2.28. The van der Waals surface area contributed by atoms with Crippen molar-refractivity contribution >= 4 is 17.9 Å². The molecule has 2 heterocycles. The molecule has 1 unspecified atom stereocenters. The maximum atomic E-state index is 11.7. The number of anilines is 1. The molecule has 1 aromatic rings. The normalized spacial score (nSPS) is 20.0. The van der Waals surface area contributed by atoms with E-state index < -0.39 is 23.4 Å². The Bertz CT molecular complexity index is 613. The van der Waals surface area contributed by atoms with Gasteiger partial charge in [0.1, 0.15) is 17.7 Å². The van der Waals surface area contributed by atoms with Gasteiger partial charge in [0.15, 0.2) is 0 Å². The summed E-state index contributed by atoms with van der Waals surface area (Å²) in [6.45, 7) is 5.20. The van der Waals surface area contributed by atoms with Gasteiger partial charge >= 0.3 is 17.8 Å². The van der Waals surface area contributed by atoms with Gasteiger partial charge in [-0.3, -0.25) is 5.32 Å². The SMILES string of the molecule is CC(C)(C)OC(=O)Nc1cc(C2(C(=O)O)NC=CO2)ccn1. The monoisotopic (exact) mass is 307 g/mol. The summed E-state index contributed by atoms with van der Waals surface area (Å²) in [5.74, 6) is -1.06. The summed E-state index contributed by atoms with van der Waals surface area (Å²) in [4.78, 5) is 27.2. The Morgan fingerprint density at radius 1 is 1.45 bits per heavy atom. The molecule has 0 spiro atoms. The zero-order valence-electron chi connectivity index (χ0n) is 12.4. The number of carbonyl (C=O) groups is 2. The number of hydrogen-bond acceptors (Lipinski definition) is 6. The van der Waals surface area contributed by atoms with E-state index in [-0.39, 0.29) is 11.4 Å². The third-order valence-electron chi connectivity index (χ3n) is 2.70. The van der Waals surface area contributed by atoms with E-state index in [4.69, 9.17) is 9.47 Å². The van der Waals surface area contributed by atoms with Crippen LogP contribution in [0.5, 0.6) is 0 Å². The molecule has 0 saturated heterocycles. The average Bonchev–Trinajstić information content (AvgIpc) is 2.87. The highest BCUT2D eigenvalue weighted by molar-refractivity contribution is 5.84. The molecule has 22 heavy (non-hydrogen) atoms. The maximum absolute atomic E-state index is 11.7. The molecule has 0 fully saturated rings. The quantitative estimate of drug-likeness (QED) is 0.780. The number of nitrogens with one attached hydrogen (secondary N) is 2. The number of carboxylic acids is 1. The number of hydrogen-bond donors (Lipinski definition) is 3. The van der Waals surface area contributed by atoms with Crippen molar-refractivity contribution in [1.29, 1.82) is 0 Å². The minimum absolute atomic E-state index is 0.157. The molecule has 1 atom stereocenters. The number of pyridine rings is 1. The van der Waals surface area contributed by atoms with Crippen molar-refractivity contribution in [1.82, 2.24) is 10.3 Å². The molecule has 1 amide bonds. The van der Waals surface area contributed by atoms with Crippen LogP contribution < -0.4 is 10.6 Å². The molecule has 3 N–H and O–H groups in total. The van der Waals surface area contributed by atoms with Crippen LogP contribution in [0.15, 0.2) is 30.8 Å². The standard InChI is InChI=1S/C14H17N3O5/c1-13(2,3)22-12(20)17-10-8-9(4-5-15-10)14(11(18)19)16-6-7-21-14/h4-8,16H,1-3H3,(H,18,19)(H,15,17,20). The van der Waals surface area contributed by atoms with Crippen LogP contribution in [-0.2, 0) is 20.0 Å². The van der Waals surface area contributed by atoms with E-state index >= 15 is 0 Å². The molecule has 0 aromatic carbocycles. The van der Waals surface area contributed by atoms with E-state index in [0.29, 0.717) is 0 Å². The Labute approximate surface area is 127 Å². The second-order valence-electron chi connectivity index (χ2n) is 5.61. The highest BCUT2D eigenvalue weighted by atomic mass is 16.6. The van der Waals surface area contributed by atoms with Gasteiger partial charge in [-0.15, -0.1) is 0 Å². The van der Waals surface area contributed by atoms with Crippen molar-refractivity contribution in [2.45, 2.75) is 32.1 Å². The second-order valence-corrected chi connectivity index (χ2v) is 5.61. The van der Waals surface area contributed by atoms with E-state index in [1.807, 2.05) is 0 Å². The second kappa shape index (κ2) is 5.55. The zero-order chi connectivity index (χ0) is 16.4. The number of carboxylic acid groups (broad SMARTS) is 1. The van der Waals surface area contributed by atoms with Crippen LogP contribution in [0.1, 0.15) is 26.3 Å². The number of nitrogens with zero attached hydrogens (tertiary/aromatic N) is 1. The molecule has 0 bridgehead atoms. The van der Waals surface area contributed by atoms with E-state index in [1.54, 1.807) is 20.8 Å². The van der Waals surface area contributed by atoms with Gasteiger partial charge in [0.2, 0.25) is 0 Å². The molecular weight excluding hydrogens is 290 g/mol. The topological polar surface area (TPSA) is 110 Å². The van der Waals surface area contributed by atoms with Gasteiger partial charge in [-0.05, 0) is 32.9 Å². The number of rotatable bonds is 3. The summed E-state index contributed by atoms with van der Waals surface area (Å²) in [5, 5.41) is 14.5. The fourth-order valence-electron chi connectivity index (χ4n) is 1.83. The molecular formula is C14H17N3O5. The number of ether oxygens (including phenoxy) is 2. The van der Waals surface area contributed by atoms with Gasteiger partial charge < -0.3 is 19.9 Å². The minimum atomic E-state index is -1.73. The molecule has 2 rings (SSSR count). The molecule has 0 aliphatic carbocycles. The lowest BCUT2D eigenvalue weighted by Crippen LogP contribution is -2.45. The van der Waals surface area contributed by atoms with Crippen LogP contribution in [-0.4, -0.2) is 27.8 Å². The Morgan fingerprint density at radius 3 is 2.73 bits per heavy atom. The summed E-state index contributed by atoms with van der Waals surface area (Å²) in [7, 11) is 0. The predicted molar refractivity (Wildman–Crippen MR) is 76.8 cm³/mol. The van der Waals surface area contributed by atoms with E-state index in [2.05, 4.69) is 15.6 Å². The number of aromatic nitrogens is 1. The largest absolute Gasteiger partial charge is 0.477 e. The van der Waals surface area contributed by atoms with E-state index in [1.165, 1.54) is 30.8 Å². The highest BCUT2D eigenvalue weighted by Gasteiger charge is 2.44. The van der Waals surface area contributed by atoms with Gasteiger partial charge in [-0.25, -0.2) is 14.6 Å². The minimum Gasteiger partial charge on any atom is -0.477 e. The molecule has 118 valence electrons. The summed E-state index contributed by atoms with van der Waals surface area (Å²) < 4.78 is 10.3. The molecule has 1 aromatic heterocycles. The summed E-state index contributed by atoms with van der Waals surface area (Å²) in [5.41, 5.74) is -2.09. The van der Waals surface area contributed by atoms with Crippen molar-refractivity contribution in [3.05, 3.63) is 36.4 Å². The Kier molecular flexibility index (Phi) is 3.94. The van der Waals surface area contributed by atoms with E-state index in [0.717, 1.165) is 0 Å². The van der Waals surface area contributed by atoms with Gasteiger partial charge in [0, 0.05) is 18.0 Å². The van der Waals surface area contributed by atoms with Crippen molar-refractivity contribution in [2.24, 2.45) is 0 Å².